The van der Waals surface area contributed by atoms with Crippen LogP contribution in [0.1, 0.15) is 5.56 Å². The Morgan fingerprint density at radius 3 is 2.89 bits per heavy atom. The molecule has 0 atom stereocenters. The molecule has 0 aliphatic rings. The third kappa shape index (κ3) is 2.13. The van der Waals surface area contributed by atoms with Crippen molar-refractivity contribution in [3.63, 3.8) is 0 Å². The molecule has 2 aromatic heterocycles. The summed E-state index contributed by atoms with van der Waals surface area (Å²) in [5, 5.41) is 4.56. The topological polar surface area (TPSA) is 39.3 Å². The van der Waals surface area contributed by atoms with Crippen LogP contribution in [0, 0.1) is 5.82 Å². The van der Waals surface area contributed by atoms with Crippen molar-refractivity contribution in [2.75, 3.05) is 0 Å². The van der Waals surface area contributed by atoms with Crippen molar-refractivity contribution in [2.45, 2.75) is 6.54 Å². The molecule has 3 rings (SSSR count). The molecule has 19 heavy (non-hydrogen) atoms. The molecule has 0 bridgehead atoms. The summed E-state index contributed by atoms with van der Waals surface area (Å²) in [4.78, 5) is 12.0. The Morgan fingerprint density at radius 2 is 2.11 bits per heavy atom. The summed E-state index contributed by atoms with van der Waals surface area (Å²) in [6, 6.07) is 9.47. The first-order valence-electron chi connectivity index (χ1n) is 5.63. The third-order valence-electron chi connectivity index (χ3n) is 2.82. The molecule has 0 saturated heterocycles. The standard InChI is InChI=1S/C13H9ClFN3O/c14-10-4-5-11(15)9(7-10)8-18-13(19)17-6-2-1-3-12(17)16-18/h1-7H,8H2. The Morgan fingerprint density at radius 1 is 1.26 bits per heavy atom. The third-order valence-corrected chi connectivity index (χ3v) is 3.05. The van der Waals surface area contributed by atoms with Crippen LogP contribution < -0.4 is 5.69 Å². The van der Waals surface area contributed by atoms with Gasteiger partial charge >= 0.3 is 5.69 Å². The first kappa shape index (κ1) is 11.9. The lowest BCUT2D eigenvalue weighted by atomic mass is 10.2. The van der Waals surface area contributed by atoms with Gasteiger partial charge in [-0.15, -0.1) is 5.10 Å². The highest BCUT2D eigenvalue weighted by molar-refractivity contribution is 6.30. The Balaban J connectivity index is 2.08. The second-order valence-corrected chi connectivity index (χ2v) is 4.54. The quantitative estimate of drug-likeness (QED) is 0.721. The number of nitrogens with zero attached hydrogens (tertiary/aromatic N) is 3. The summed E-state index contributed by atoms with van der Waals surface area (Å²) in [5.74, 6) is -0.409. The number of fused-ring (bicyclic) bond motifs is 1. The minimum Gasteiger partial charge on any atom is -0.250 e. The van der Waals surface area contributed by atoms with Crippen molar-refractivity contribution in [3.8, 4) is 0 Å². The number of hydrogen-bond donors (Lipinski definition) is 0. The van der Waals surface area contributed by atoms with E-state index < -0.39 is 5.82 Å². The van der Waals surface area contributed by atoms with Gasteiger partial charge in [0.1, 0.15) is 5.82 Å². The fourth-order valence-corrected chi connectivity index (χ4v) is 2.09. The predicted octanol–water partition coefficient (Wildman–Crippen LogP) is 2.34. The van der Waals surface area contributed by atoms with E-state index in [9.17, 15) is 9.18 Å². The number of halogens is 2. The lowest BCUT2D eigenvalue weighted by molar-refractivity contribution is 0.578. The highest BCUT2D eigenvalue weighted by Gasteiger charge is 2.09. The Labute approximate surface area is 112 Å². The van der Waals surface area contributed by atoms with Crippen molar-refractivity contribution in [3.05, 3.63) is 69.5 Å². The van der Waals surface area contributed by atoms with Gasteiger partial charge in [-0.2, -0.15) is 0 Å². The van der Waals surface area contributed by atoms with E-state index in [0.717, 1.165) is 0 Å². The van der Waals surface area contributed by atoms with E-state index >= 15 is 0 Å². The lowest BCUT2D eigenvalue weighted by Crippen LogP contribution is -2.22. The molecule has 0 radical (unpaired) electrons. The molecular formula is C13H9ClFN3O. The predicted molar refractivity (Wildman–Crippen MR) is 70.0 cm³/mol. The van der Waals surface area contributed by atoms with Crippen molar-refractivity contribution in [1.82, 2.24) is 14.2 Å². The highest BCUT2D eigenvalue weighted by Crippen LogP contribution is 2.15. The summed E-state index contributed by atoms with van der Waals surface area (Å²) in [6.07, 6.45) is 1.62. The van der Waals surface area contributed by atoms with Crippen LogP contribution in [-0.4, -0.2) is 14.2 Å². The molecule has 6 heteroatoms. The first-order valence-corrected chi connectivity index (χ1v) is 6.01. The second-order valence-electron chi connectivity index (χ2n) is 4.10. The fourth-order valence-electron chi connectivity index (χ4n) is 1.90. The number of hydrogen-bond acceptors (Lipinski definition) is 2. The molecule has 4 nitrogen and oxygen atoms in total. The normalized spacial score (nSPS) is 11.1. The van der Waals surface area contributed by atoms with Crippen molar-refractivity contribution in [2.24, 2.45) is 0 Å². The number of aromatic nitrogens is 3. The Hall–Kier alpha value is -2.14. The zero-order valence-corrected chi connectivity index (χ0v) is 10.5. The van der Waals surface area contributed by atoms with Crippen LogP contribution >= 0.6 is 11.6 Å². The SMILES string of the molecule is O=c1n(Cc2cc(Cl)ccc2F)nc2ccccn12. The Kier molecular flexibility index (Phi) is 2.83. The van der Waals surface area contributed by atoms with Crippen molar-refractivity contribution >= 4 is 17.2 Å². The number of rotatable bonds is 2. The maximum atomic E-state index is 13.6. The summed E-state index contributed by atoms with van der Waals surface area (Å²) in [7, 11) is 0. The van der Waals surface area contributed by atoms with Crippen LogP contribution in [0.15, 0.2) is 47.4 Å². The van der Waals surface area contributed by atoms with Gasteiger partial charge in [-0.3, -0.25) is 4.40 Å². The lowest BCUT2D eigenvalue weighted by Gasteiger charge is -2.02. The number of benzene rings is 1. The van der Waals surface area contributed by atoms with Crippen LogP contribution in [-0.2, 0) is 6.54 Å². The molecule has 96 valence electrons. The van der Waals surface area contributed by atoms with E-state index in [1.54, 1.807) is 24.4 Å². The molecule has 0 fully saturated rings. The van der Waals surface area contributed by atoms with E-state index in [4.69, 9.17) is 11.6 Å². The van der Waals surface area contributed by atoms with E-state index in [1.807, 2.05) is 0 Å². The van der Waals surface area contributed by atoms with Gasteiger partial charge in [0.15, 0.2) is 5.65 Å². The molecule has 0 spiro atoms. The average molecular weight is 278 g/mol. The largest absolute Gasteiger partial charge is 0.350 e. The molecular weight excluding hydrogens is 269 g/mol. The average Bonchev–Trinajstić information content (AvgIpc) is 2.72. The molecule has 2 heterocycles. The van der Waals surface area contributed by atoms with Crippen LogP contribution in [0.3, 0.4) is 0 Å². The molecule has 0 aliphatic heterocycles. The molecule has 1 aromatic carbocycles. The van der Waals surface area contributed by atoms with Gasteiger partial charge in [-0.25, -0.2) is 13.9 Å². The molecule has 0 saturated carbocycles. The highest BCUT2D eigenvalue weighted by atomic mass is 35.5. The van der Waals surface area contributed by atoms with Gasteiger partial charge in [-0.05, 0) is 30.3 Å². The van der Waals surface area contributed by atoms with Crippen molar-refractivity contribution < 1.29 is 4.39 Å². The number of pyridine rings is 1. The fraction of sp³-hybridized carbons (Fsp3) is 0.0769. The van der Waals surface area contributed by atoms with Crippen LogP contribution in [0.5, 0.6) is 0 Å². The molecule has 0 aliphatic carbocycles. The monoisotopic (exact) mass is 277 g/mol. The van der Waals surface area contributed by atoms with Crippen LogP contribution in [0.4, 0.5) is 4.39 Å². The van der Waals surface area contributed by atoms with E-state index in [0.29, 0.717) is 16.2 Å². The van der Waals surface area contributed by atoms with Crippen molar-refractivity contribution in [1.29, 1.82) is 0 Å². The minimum absolute atomic E-state index is 0.0485. The van der Waals surface area contributed by atoms with Gasteiger partial charge in [0.25, 0.3) is 0 Å². The zero-order valence-electron chi connectivity index (χ0n) is 9.75. The second kappa shape index (κ2) is 4.51. The van der Waals surface area contributed by atoms with E-state index in [-0.39, 0.29) is 12.2 Å². The van der Waals surface area contributed by atoms with Gasteiger partial charge in [-0.1, -0.05) is 17.7 Å². The first-order chi connectivity index (χ1) is 9.15. The summed E-state index contributed by atoms with van der Waals surface area (Å²) in [5.41, 5.74) is 0.544. The summed E-state index contributed by atoms with van der Waals surface area (Å²) in [6.45, 7) is 0.0485. The van der Waals surface area contributed by atoms with E-state index in [1.165, 1.54) is 27.3 Å². The molecule has 3 aromatic rings. The summed E-state index contributed by atoms with van der Waals surface area (Å²) < 4.78 is 16.3. The van der Waals surface area contributed by atoms with Gasteiger partial charge in [0.2, 0.25) is 0 Å². The van der Waals surface area contributed by atoms with Crippen LogP contribution in [0.25, 0.3) is 5.65 Å². The Bertz CT molecular complexity index is 809. The molecule has 0 amide bonds. The zero-order chi connectivity index (χ0) is 13.4. The molecule has 0 unspecified atom stereocenters. The smallest absolute Gasteiger partial charge is 0.250 e. The van der Waals surface area contributed by atoms with Gasteiger partial charge in [0, 0.05) is 16.8 Å². The van der Waals surface area contributed by atoms with Crippen LogP contribution in [0.2, 0.25) is 5.02 Å². The summed E-state index contributed by atoms with van der Waals surface area (Å²) >= 11 is 5.82. The molecule has 0 N–H and O–H groups in total. The maximum absolute atomic E-state index is 13.6. The van der Waals surface area contributed by atoms with E-state index in [2.05, 4.69) is 5.10 Å². The maximum Gasteiger partial charge on any atom is 0.350 e. The van der Waals surface area contributed by atoms with Gasteiger partial charge in [0.05, 0.1) is 6.54 Å². The minimum atomic E-state index is -0.409. The van der Waals surface area contributed by atoms with Gasteiger partial charge < -0.3 is 0 Å².